The summed E-state index contributed by atoms with van der Waals surface area (Å²) in [6.07, 6.45) is 1.39. The van der Waals surface area contributed by atoms with E-state index >= 15 is 0 Å². The fraction of sp³-hybridized carbons (Fsp3) is 0.0870. The number of carbonyl (C=O) groups is 1. The van der Waals surface area contributed by atoms with Crippen LogP contribution in [0, 0.1) is 18.6 Å². The average Bonchev–Trinajstić information content (AvgIpc) is 2.99. The van der Waals surface area contributed by atoms with Gasteiger partial charge < -0.3 is 9.47 Å². The second kappa shape index (κ2) is 7.27. The molecule has 0 aliphatic carbocycles. The Morgan fingerprint density at radius 1 is 1.00 bits per heavy atom. The van der Waals surface area contributed by atoms with Crippen molar-refractivity contribution < 1.29 is 23.0 Å². The Hall–Kier alpha value is -3.47. The largest absolute Gasteiger partial charge is 0.489 e. The highest BCUT2D eigenvalue weighted by Gasteiger charge is 2.30. The van der Waals surface area contributed by atoms with Crippen LogP contribution in [0.25, 0.3) is 6.08 Å². The predicted molar refractivity (Wildman–Crippen MR) is 101 cm³/mol. The Kier molecular flexibility index (Phi) is 4.65. The van der Waals surface area contributed by atoms with E-state index in [1.165, 1.54) is 18.2 Å². The third-order valence-corrected chi connectivity index (χ3v) is 4.49. The molecule has 0 radical (unpaired) electrons. The molecule has 140 valence electrons. The quantitative estimate of drug-likeness (QED) is 0.565. The number of hydrogen-bond donors (Lipinski definition) is 0. The molecule has 0 fully saturated rings. The van der Waals surface area contributed by atoms with Crippen molar-refractivity contribution >= 4 is 11.9 Å². The Morgan fingerprint density at radius 3 is 2.46 bits per heavy atom. The van der Waals surface area contributed by atoms with E-state index in [9.17, 15) is 13.6 Å². The summed E-state index contributed by atoms with van der Waals surface area (Å²) in [7, 11) is 0. The van der Waals surface area contributed by atoms with Crippen LogP contribution in [0.15, 0.2) is 66.4 Å². The molecule has 0 spiro atoms. The van der Waals surface area contributed by atoms with E-state index in [1.807, 2.05) is 0 Å². The lowest BCUT2D eigenvalue weighted by molar-refractivity contribution is 0.101. The fourth-order valence-electron chi connectivity index (χ4n) is 3.07. The van der Waals surface area contributed by atoms with E-state index in [0.717, 1.165) is 0 Å². The lowest BCUT2D eigenvalue weighted by Crippen LogP contribution is -2.01. The van der Waals surface area contributed by atoms with Gasteiger partial charge in [-0.2, -0.15) is 0 Å². The van der Waals surface area contributed by atoms with Gasteiger partial charge in [-0.25, -0.2) is 8.78 Å². The van der Waals surface area contributed by atoms with Crippen LogP contribution in [0.3, 0.4) is 0 Å². The third-order valence-electron chi connectivity index (χ3n) is 4.49. The number of halogens is 2. The molecule has 0 N–H and O–H groups in total. The number of rotatable bonds is 4. The molecule has 0 aromatic heterocycles. The zero-order valence-corrected chi connectivity index (χ0v) is 15.0. The first-order valence-electron chi connectivity index (χ1n) is 8.72. The molecule has 3 aromatic carbocycles. The van der Waals surface area contributed by atoms with Gasteiger partial charge in [0.2, 0.25) is 5.78 Å². The van der Waals surface area contributed by atoms with Crippen LogP contribution in [0.4, 0.5) is 8.78 Å². The minimum Gasteiger partial charge on any atom is -0.489 e. The van der Waals surface area contributed by atoms with E-state index in [4.69, 9.17) is 9.47 Å². The molecule has 1 aliphatic heterocycles. The van der Waals surface area contributed by atoms with Crippen LogP contribution in [0.2, 0.25) is 0 Å². The highest BCUT2D eigenvalue weighted by Crippen LogP contribution is 2.37. The van der Waals surface area contributed by atoms with Gasteiger partial charge in [0, 0.05) is 17.2 Å². The summed E-state index contributed by atoms with van der Waals surface area (Å²) >= 11 is 0. The summed E-state index contributed by atoms with van der Waals surface area (Å²) in [5, 5.41) is 0. The zero-order chi connectivity index (χ0) is 19.7. The van der Waals surface area contributed by atoms with Crippen molar-refractivity contribution in [3.05, 3.63) is 100 Å². The van der Waals surface area contributed by atoms with Crippen molar-refractivity contribution in [2.45, 2.75) is 13.5 Å². The second-order valence-electron chi connectivity index (χ2n) is 6.45. The van der Waals surface area contributed by atoms with Crippen LogP contribution >= 0.6 is 0 Å². The molecule has 0 amide bonds. The Morgan fingerprint density at radius 2 is 1.71 bits per heavy atom. The number of aryl methyl sites for hydroxylation is 1. The molecule has 0 unspecified atom stereocenters. The number of ether oxygens (including phenoxy) is 2. The van der Waals surface area contributed by atoms with Gasteiger partial charge in [0.15, 0.2) is 5.76 Å². The van der Waals surface area contributed by atoms with Gasteiger partial charge in [0.1, 0.15) is 29.7 Å². The van der Waals surface area contributed by atoms with E-state index in [1.54, 1.807) is 55.5 Å². The van der Waals surface area contributed by atoms with Crippen molar-refractivity contribution in [1.29, 1.82) is 0 Å². The lowest BCUT2D eigenvalue weighted by atomic mass is 10.0. The number of benzene rings is 3. The maximum Gasteiger partial charge on any atom is 0.232 e. The van der Waals surface area contributed by atoms with Crippen molar-refractivity contribution in [3.63, 3.8) is 0 Å². The lowest BCUT2D eigenvalue weighted by Gasteiger charge is -2.09. The maximum atomic E-state index is 13.9. The summed E-state index contributed by atoms with van der Waals surface area (Å²) < 4.78 is 39.0. The molecule has 3 nitrogen and oxygen atoms in total. The van der Waals surface area contributed by atoms with Crippen molar-refractivity contribution in [3.8, 4) is 11.5 Å². The van der Waals surface area contributed by atoms with Gasteiger partial charge in [0.25, 0.3) is 0 Å². The van der Waals surface area contributed by atoms with Crippen LogP contribution in [0.1, 0.15) is 27.0 Å². The van der Waals surface area contributed by atoms with Gasteiger partial charge in [-0.05, 0) is 36.8 Å². The Labute approximate surface area is 160 Å². The molecule has 5 heteroatoms. The smallest absolute Gasteiger partial charge is 0.232 e. The topological polar surface area (TPSA) is 35.5 Å². The van der Waals surface area contributed by atoms with Crippen molar-refractivity contribution in [1.82, 2.24) is 0 Å². The average molecular weight is 378 g/mol. The highest BCUT2D eigenvalue weighted by molar-refractivity contribution is 6.15. The van der Waals surface area contributed by atoms with Gasteiger partial charge in [-0.3, -0.25) is 4.79 Å². The first-order valence-corrected chi connectivity index (χ1v) is 8.72. The number of carbonyl (C=O) groups excluding carboxylic acids is 1. The van der Waals surface area contributed by atoms with Crippen LogP contribution < -0.4 is 9.47 Å². The van der Waals surface area contributed by atoms with Gasteiger partial charge in [0.05, 0.1) is 5.56 Å². The highest BCUT2D eigenvalue weighted by atomic mass is 19.1. The van der Waals surface area contributed by atoms with E-state index in [2.05, 4.69) is 0 Å². The van der Waals surface area contributed by atoms with E-state index < -0.39 is 5.82 Å². The summed E-state index contributed by atoms with van der Waals surface area (Å²) in [5.74, 6) is -0.240. The SMILES string of the molecule is Cc1cc(OCc2ccccc2F)cc2c1C(=O)/C(=C/c1ccccc1F)O2. The standard InChI is InChI=1S/C23H16F2O3/c1-14-10-17(27-13-16-7-3-5-9-19(16)25)12-20-22(14)23(26)21(28-20)11-15-6-2-4-8-18(15)24/h2-12H,13H2,1H3/b21-11-. The Balaban J connectivity index is 1.60. The monoisotopic (exact) mass is 378 g/mol. The molecule has 0 bridgehead atoms. The van der Waals surface area contributed by atoms with E-state index in [-0.39, 0.29) is 29.5 Å². The molecule has 0 atom stereocenters. The number of allylic oxidation sites excluding steroid dienone is 1. The maximum absolute atomic E-state index is 13.9. The van der Waals surface area contributed by atoms with Crippen LogP contribution in [0.5, 0.6) is 11.5 Å². The number of fused-ring (bicyclic) bond motifs is 1. The van der Waals surface area contributed by atoms with Crippen LogP contribution in [-0.2, 0) is 6.61 Å². The number of ketones is 1. The van der Waals surface area contributed by atoms with E-state index in [0.29, 0.717) is 28.2 Å². The van der Waals surface area contributed by atoms with Gasteiger partial charge in [-0.1, -0.05) is 36.4 Å². The van der Waals surface area contributed by atoms with Crippen LogP contribution in [-0.4, -0.2) is 5.78 Å². The number of hydrogen-bond acceptors (Lipinski definition) is 3. The second-order valence-corrected chi connectivity index (χ2v) is 6.45. The molecular formula is C23H16F2O3. The fourth-order valence-corrected chi connectivity index (χ4v) is 3.07. The van der Waals surface area contributed by atoms with Crippen molar-refractivity contribution in [2.24, 2.45) is 0 Å². The zero-order valence-electron chi connectivity index (χ0n) is 15.0. The molecule has 0 saturated heterocycles. The third kappa shape index (κ3) is 3.39. The molecule has 28 heavy (non-hydrogen) atoms. The molecule has 1 heterocycles. The molecule has 4 rings (SSSR count). The predicted octanol–water partition coefficient (Wildman–Crippen LogP) is 5.47. The van der Waals surface area contributed by atoms with Gasteiger partial charge in [-0.15, -0.1) is 0 Å². The molecular weight excluding hydrogens is 362 g/mol. The first-order chi connectivity index (χ1) is 13.5. The van der Waals surface area contributed by atoms with Gasteiger partial charge >= 0.3 is 0 Å². The minimum absolute atomic E-state index is 0.0504. The number of Topliss-reactive ketones (excluding diaryl/α,β-unsaturated/α-hetero) is 1. The summed E-state index contributed by atoms with van der Waals surface area (Å²) in [5.41, 5.74) is 1.79. The summed E-state index contributed by atoms with van der Waals surface area (Å²) in [6.45, 7) is 1.82. The first kappa shape index (κ1) is 17.9. The van der Waals surface area contributed by atoms with Crippen molar-refractivity contribution in [2.75, 3.05) is 0 Å². The normalized spacial score (nSPS) is 14.1. The minimum atomic E-state index is -0.437. The molecule has 0 saturated carbocycles. The Bertz CT molecular complexity index is 1100. The summed E-state index contributed by atoms with van der Waals surface area (Å²) in [6, 6.07) is 15.8. The summed E-state index contributed by atoms with van der Waals surface area (Å²) in [4.78, 5) is 12.7. The molecule has 3 aromatic rings. The molecule has 1 aliphatic rings.